The molecule has 0 heterocycles. The third-order valence-corrected chi connectivity index (χ3v) is 5.22. The summed E-state index contributed by atoms with van der Waals surface area (Å²) in [5.41, 5.74) is 8.65. The minimum Gasteiger partial charge on any atom is -0.369 e. The normalized spacial score (nSPS) is 21.6. The van der Waals surface area contributed by atoms with Crippen molar-refractivity contribution in [1.82, 2.24) is 0 Å². The fraction of sp³-hybridized carbons (Fsp3) is 0.333. The van der Waals surface area contributed by atoms with Crippen molar-refractivity contribution < 1.29 is 4.79 Å². The van der Waals surface area contributed by atoms with Gasteiger partial charge in [0.25, 0.3) is 0 Å². The zero-order valence-electron chi connectivity index (χ0n) is 13.7. The van der Waals surface area contributed by atoms with Gasteiger partial charge in [-0.3, -0.25) is 4.79 Å². The molecule has 0 spiro atoms. The molecule has 2 aromatic rings. The topological polar surface area (TPSA) is 66.9 Å². The first-order chi connectivity index (χ1) is 11.7. The molecule has 1 fully saturated rings. The SMILES string of the molecule is N#Cc1ccc(C(C(N)=O)C2CCC(c3ccccc3)CC2)cc1. The fourth-order valence-electron chi connectivity index (χ4n) is 3.94. The third-order valence-electron chi connectivity index (χ3n) is 5.22. The number of primary amides is 1. The molecule has 1 saturated carbocycles. The van der Waals surface area contributed by atoms with Crippen molar-refractivity contribution in [2.24, 2.45) is 11.7 Å². The molecule has 3 nitrogen and oxygen atoms in total. The van der Waals surface area contributed by atoms with Gasteiger partial charge in [0, 0.05) is 0 Å². The lowest BCUT2D eigenvalue weighted by molar-refractivity contribution is -0.120. The number of amides is 1. The zero-order valence-corrected chi connectivity index (χ0v) is 13.7. The molecule has 1 aliphatic carbocycles. The number of nitriles is 1. The van der Waals surface area contributed by atoms with Crippen LogP contribution in [0.15, 0.2) is 54.6 Å². The van der Waals surface area contributed by atoms with Gasteiger partial charge in [-0.25, -0.2) is 0 Å². The predicted molar refractivity (Wildman–Crippen MR) is 94.2 cm³/mol. The second-order valence-electron chi connectivity index (χ2n) is 6.64. The molecule has 0 bridgehead atoms. The lowest BCUT2D eigenvalue weighted by atomic mass is 9.71. The van der Waals surface area contributed by atoms with Crippen molar-refractivity contribution in [3.8, 4) is 6.07 Å². The number of hydrogen-bond acceptors (Lipinski definition) is 2. The Morgan fingerprint density at radius 2 is 1.62 bits per heavy atom. The summed E-state index contributed by atoms with van der Waals surface area (Å²) in [6.07, 6.45) is 4.20. The first-order valence-corrected chi connectivity index (χ1v) is 8.53. The Balaban J connectivity index is 1.72. The van der Waals surface area contributed by atoms with Crippen LogP contribution in [0, 0.1) is 17.2 Å². The van der Waals surface area contributed by atoms with Crippen LogP contribution in [-0.4, -0.2) is 5.91 Å². The predicted octanol–water partition coefficient (Wildman–Crippen LogP) is 4.10. The van der Waals surface area contributed by atoms with Gasteiger partial charge in [-0.05, 0) is 60.8 Å². The van der Waals surface area contributed by atoms with Gasteiger partial charge in [0.05, 0.1) is 17.6 Å². The summed E-state index contributed by atoms with van der Waals surface area (Å²) in [5.74, 6) is 0.352. The van der Waals surface area contributed by atoms with Crippen LogP contribution in [0.1, 0.15) is 54.2 Å². The van der Waals surface area contributed by atoms with Crippen molar-refractivity contribution in [3.63, 3.8) is 0 Å². The van der Waals surface area contributed by atoms with Crippen LogP contribution in [0.2, 0.25) is 0 Å². The van der Waals surface area contributed by atoms with Gasteiger partial charge in [-0.2, -0.15) is 5.26 Å². The van der Waals surface area contributed by atoms with E-state index in [0.29, 0.717) is 11.5 Å². The molecular weight excluding hydrogens is 296 g/mol. The van der Waals surface area contributed by atoms with E-state index in [2.05, 4.69) is 30.3 Å². The minimum absolute atomic E-state index is 0.255. The van der Waals surface area contributed by atoms with Crippen molar-refractivity contribution in [3.05, 3.63) is 71.3 Å². The molecule has 1 aliphatic rings. The van der Waals surface area contributed by atoms with Crippen LogP contribution in [0.3, 0.4) is 0 Å². The second-order valence-corrected chi connectivity index (χ2v) is 6.64. The van der Waals surface area contributed by atoms with E-state index in [1.807, 2.05) is 18.2 Å². The van der Waals surface area contributed by atoms with Crippen LogP contribution in [0.25, 0.3) is 0 Å². The Kier molecular flexibility index (Phi) is 4.96. The van der Waals surface area contributed by atoms with Crippen molar-refractivity contribution in [1.29, 1.82) is 5.26 Å². The molecule has 0 saturated heterocycles. The number of hydrogen-bond donors (Lipinski definition) is 1. The summed E-state index contributed by atoms with van der Waals surface area (Å²) in [5, 5.41) is 8.92. The maximum absolute atomic E-state index is 12.1. The van der Waals surface area contributed by atoms with Crippen LogP contribution in [0.5, 0.6) is 0 Å². The highest BCUT2D eigenvalue weighted by Crippen LogP contribution is 2.41. The monoisotopic (exact) mass is 318 g/mol. The Bertz CT molecular complexity index is 723. The summed E-state index contributed by atoms with van der Waals surface area (Å²) in [6, 6.07) is 20.0. The van der Waals surface area contributed by atoms with Gasteiger partial charge >= 0.3 is 0 Å². The molecule has 3 heteroatoms. The standard InChI is InChI=1S/C21H22N2O/c22-14-15-6-8-18(9-7-15)20(21(23)24)19-12-10-17(11-13-19)16-4-2-1-3-5-16/h1-9,17,19-20H,10-13H2,(H2,23,24). The van der Waals surface area contributed by atoms with Crippen LogP contribution in [-0.2, 0) is 4.79 Å². The average Bonchev–Trinajstić information content (AvgIpc) is 2.63. The van der Waals surface area contributed by atoms with E-state index in [1.54, 1.807) is 12.1 Å². The Morgan fingerprint density at radius 1 is 1.00 bits per heavy atom. The second kappa shape index (κ2) is 7.31. The summed E-state index contributed by atoms with van der Waals surface area (Å²) < 4.78 is 0. The van der Waals surface area contributed by atoms with Crippen LogP contribution in [0.4, 0.5) is 0 Å². The molecular formula is C21H22N2O. The molecule has 1 amide bonds. The molecule has 2 aromatic carbocycles. The molecule has 3 rings (SSSR count). The van der Waals surface area contributed by atoms with Gasteiger partial charge in [0.2, 0.25) is 5.91 Å². The maximum Gasteiger partial charge on any atom is 0.225 e. The van der Waals surface area contributed by atoms with E-state index < -0.39 is 0 Å². The Morgan fingerprint density at radius 3 is 2.17 bits per heavy atom. The average molecular weight is 318 g/mol. The first-order valence-electron chi connectivity index (χ1n) is 8.53. The molecule has 0 aliphatic heterocycles. The largest absolute Gasteiger partial charge is 0.369 e. The summed E-state index contributed by atoms with van der Waals surface area (Å²) in [4.78, 5) is 12.1. The van der Waals surface area contributed by atoms with Crippen LogP contribution >= 0.6 is 0 Å². The smallest absolute Gasteiger partial charge is 0.225 e. The summed E-state index contributed by atoms with van der Waals surface area (Å²) in [7, 11) is 0. The molecule has 122 valence electrons. The highest BCUT2D eigenvalue weighted by atomic mass is 16.1. The highest BCUT2D eigenvalue weighted by molar-refractivity contribution is 5.82. The summed E-state index contributed by atoms with van der Waals surface area (Å²) in [6.45, 7) is 0. The minimum atomic E-state index is -0.261. The maximum atomic E-state index is 12.1. The number of carbonyl (C=O) groups excluding carboxylic acids is 1. The van der Waals surface area contributed by atoms with Gasteiger partial charge in [-0.15, -0.1) is 0 Å². The number of benzene rings is 2. The van der Waals surface area contributed by atoms with Gasteiger partial charge in [0.1, 0.15) is 0 Å². The van der Waals surface area contributed by atoms with Crippen molar-refractivity contribution >= 4 is 5.91 Å². The van der Waals surface area contributed by atoms with Crippen LogP contribution < -0.4 is 5.73 Å². The number of nitrogens with zero attached hydrogens (tertiary/aromatic N) is 1. The van der Waals surface area contributed by atoms with E-state index in [-0.39, 0.29) is 17.7 Å². The molecule has 0 aromatic heterocycles. The van der Waals surface area contributed by atoms with E-state index >= 15 is 0 Å². The fourth-order valence-corrected chi connectivity index (χ4v) is 3.94. The first kappa shape index (κ1) is 16.3. The molecule has 2 N–H and O–H groups in total. The Hall–Kier alpha value is -2.60. The molecule has 1 atom stereocenters. The third kappa shape index (κ3) is 3.49. The van der Waals surface area contributed by atoms with E-state index in [9.17, 15) is 4.79 Å². The number of carbonyl (C=O) groups is 1. The number of nitrogens with two attached hydrogens (primary N) is 1. The lowest BCUT2D eigenvalue weighted by Gasteiger charge is -2.33. The van der Waals surface area contributed by atoms with E-state index in [4.69, 9.17) is 11.0 Å². The quantitative estimate of drug-likeness (QED) is 0.922. The number of rotatable bonds is 4. The van der Waals surface area contributed by atoms with Gasteiger partial charge in [-0.1, -0.05) is 42.5 Å². The van der Waals surface area contributed by atoms with E-state index in [0.717, 1.165) is 31.2 Å². The Labute approximate surface area is 143 Å². The lowest BCUT2D eigenvalue weighted by Crippen LogP contribution is -2.30. The molecule has 24 heavy (non-hydrogen) atoms. The zero-order chi connectivity index (χ0) is 16.9. The highest BCUT2D eigenvalue weighted by Gasteiger charge is 2.32. The van der Waals surface area contributed by atoms with Crippen molar-refractivity contribution in [2.45, 2.75) is 37.5 Å². The van der Waals surface area contributed by atoms with Gasteiger partial charge in [0.15, 0.2) is 0 Å². The summed E-state index contributed by atoms with van der Waals surface area (Å²) >= 11 is 0. The van der Waals surface area contributed by atoms with Crippen molar-refractivity contribution in [2.75, 3.05) is 0 Å². The van der Waals surface area contributed by atoms with Gasteiger partial charge < -0.3 is 5.73 Å². The van der Waals surface area contributed by atoms with E-state index in [1.165, 1.54) is 5.56 Å². The molecule has 1 unspecified atom stereocenters. The molecule has 0 radical (unpaired) electrons.